The molecule has 2 amide bonds. The van der Waals surface area contributed by atoms with E-state index in [2.05, 4.69) is 10.3 Å². The van der Waals surface area contributed by atoms with Crippen molar-refractivity contribution in [1.29, 1.82) is 0 Å². The van der Waals surface area contributed by atoms with Gasteiger partial charge in [0.05, 0.1) is 0 Å². The average molecular weight is 303 g/mol. The number of anilines is 1. The zero-order valence-corrected chi connectivity index (χ0v) is 12.7. The number of amidine groups is 1. The van der Waals surface area contributed by atoms with Crippen LogP contribution in [0.25, 0.3) is 0 Å². The molecule has 1 fully saturated rings. The monoisotopic (exact) mass is 303 g/mol. The predicted molar refractivity (Wildman–Crippen MR) is 84.4 cm³/mol. The van der Waals surface area contributed by atoms with E-state index in [0.717, 1.165) is 35.9 Å². The number of nitrogens with one attached hydrogen (secondary N) is 1. The van der Waals surface area contributed by atoms with Gasteiger partial charge in [-0.1, -0.05) is 30.0 Å². The number of benzene rings is 1. The van der Waals surface area contributed by atoms with Gasteiger partial charge < -0.3 is 5.32 Å². The van der Waals surface area contributed by atoms with E-state index in [1.54, 1.807) is 4.90 Å². The van der Waals surface area contributed by atoms with Crippen molar-refractivity contribution in [2.45, 2.75) is 25.0 Å². The fourth-order valence-corrected chi connectivity index (χ4v) is 3.64. The Morgan fingerprint density at radius 1 is 1.48 bits per heavy atom. The summed E-state index contributed by atoms with van der Waals surface area (Å²) < 4.78 is 0. The van der Waals surface area contributed by atoms with Gasteiger partial charge in [-0.05, 0) is 25.0 Å². The van der Waals surface area contributed by atoms with E-state index in [4.69, 9.17) is 0 Å². The van der Waals surface area contributed by atoms with Crippen molar-refractivity contribution in [1.82, 2.24) is 4.90 Å². The van der Waals surface area contributed by atoms with Crippen molar-refractivity contribution in [3.8, 4) is 0 Å². The Balaban J connectivity index is 1.63. The molecule has 0 aromatic heterocycles. The number of carbonyl (C=O) groups excluding carboxylic acids is 2. The van der Waals surface area contributed by atoms with Gasteiger partial charge in [0.1, 0.15) is 5.25 Å². The van der Waals surface area contributed by atoms with Crippen molar-refractivity contribution < 1.29 is 9.59 Å². The molecule has 1 unspecified atom stereocenters. The van der Waals surface area contributed by atoms with Crippen molar-refractivity contribution in [3.05, 3.63) is 29.8 Å². The molecule has 0 saturated carbocycles. The first-order valence-corrected chi connectivity index (χ1v) is 7.91. The fourth-order valence-electron chi connectivity index (χ4n) is 2.45. The van der Waals surface area contributed by atoms with Gasteiger partial charge in [-0.3, -0.25) is 19.5 Å². The molecule has 3 rings (SSSR count). The van der Waals surface area contributed by atoms with Crippen LogP contribution in [-0.4, -0.2) is 40.2 Å². The molecule has 6 heteroatoms. The smallest absolute Gasteiger partial charge is 0.242 e. The van der Waals surface area contributed by atoms with E-state index in [-0.39, 0.29) is 23.5 Å². The van der Waals surface area contributed by atoms with Gasteiger partial charge in [-0.25, -0.2) is 0 Å². The maximum Gasteiger partial charge on any atom is 0.242 e. The fraction of sp³-hybridized carbons (Fsp3) is 0.400. The lowest BCUT2D eigenvalue weighted by Crippen LogP contribution is -2.36. The minimum Gasteiger partial charge on any atom is -0.326 e. The lowest BCUT2D eigenvalue weighted by Gasteiger charge is -2.19. The van der Waals surface area contributed by atoms with Crippen LogP contribution in [0.4, 0.5) is 5.69 Å². The quantitative estimate of drug-likeness (QED) is 0.929. The third-order valence-electron chi connectivity index (χ3n) is 3.60. The van der Waals surface area contributed by atoms with Gasteiger partial charge in [-0.2, -0.15) is 0 Å². The Labute approximate surface area is 127 Å². The molecule has 0 radical (unpaired) electrons. The van der Waals surface area contributed by atoms with E-state index >= 15 is 0 Å². The van der Waals surface area contributed by atoms with Crippen LogP contribution in [0.2, 0.25) is 0 Å². The van der Waals surface area contributed by atoms with Gasteiger partial charge in [0.2, 0.25) is 11.8 Å². The minimum absolute atomic E-state index is 0.0124. The molecule has 1 saturated heterocycles. The average Bonchev–Trinajstić information content (AvgIpc) is 2.78. The summed E-state index contributed by atoms with van der Waals surface area (Å²) in [5.74, 6) is -0.117. The highest BCUT2D eigenvalue weighted by molar-refractivity contribution is 8.15. The number of nitrogens with zero attached hydrogens (tertiary/aromatic N) is 2. The number of fused-ring (bicyclic) bond motifs is 1. The Kier molecular flexibility index (Phi) is 3.96. The van der Waals surface area contributed by atoms with Crippen molar-refractivity contribution in [3.63, 3.8) is 0 Å². The van der Waals surface area contributed by atoms with Crippen LogP contribution in [-0.2, 0) is 9.59 Å². The number of hydrogen-bond acceptors (Lipinski definition) is 4. The van der Waals surface area contributed by atoms with Crippen LogP contribution < -0.4 is 5.32 Å². The Hall–Kier alpha value is -1.82. The third-order valence-corrected chi connectivity index (χ3v) is 4.81. The topological polar surface area (TPSA) is 61.8 Å². The number of aryl methyl sites for hydroxylation is 1. The molecule has 0 spiro atoms. The number of thioether (sulfide) groups is 1. The van der Waals surface area contributed by atoms with E-state index in [0.29, 0.717) is 0 Å². The number of carbonyl (C=O) groups is 2. The largest absolute Gasteiger partial charge is 0.326 e. The first kappa shape index (κ1) is 14.1. The molecule has 1 aromatic carbocycles. The standard InChI is InChI=1S/C15H17N3O2S/c1-10-5-2-3-6-11(10)17-13(19)9-12-14(20)18-8-4-7-16-15(18)21-12/h2-3,5-6,12H,4,7-9H2,1H3,(H,17,19). The number of para-hydroxylation sites is 1. The van der Waals surface area contributed by atoms with Gasteiger partial charge >= 0.3 is 0 Å². The van der Waals surface area contributed by atoms with Gasteiger partial charge in [-0.15, -0.1) is 0 Å². The van der Waals surface area contributed by atoms with E-state index in [1.807, 2.05) is 31.2 Å². The van der Waals surface area contributed by atoms with Crippen LogP contribution in [0.1, 0.15) is 18.4 Å². The molecule has 0 aliphatic carbocycles. The number of amides is 2. The van der Waals surface area contributed by atoms with Crippen LogP contribution >= 0.6 is 11.8 Å². The third kappa shape index (κ3) is 2.95. The molecule has 1 atom stereocenters. The molecule has 1 aromatic rings. The first-order chi connectivity index (χ1) is 10.1. The Morgan fingerprint density at radius 3 is 3.05 bits per heavy atom. The van der Waals surface area contributed by atoms with Crippen molar-refractivity contribution >= 4 is 34.4 Å². The number of aliphatic imine (C=N–C) groups is 1. The molecule has 2 aliphatic heterocycles. The normalized spacial score (nSPS) is 21.0. The predicted octanol–water partition coefficient (Wildman–Crippen LogP) is 2.03. The summed E-state index contributed by atoms with van der Waals surface area (Å²) in [6.45, 7) is 3.44. The van der Waals surface area contributed by atoms with Crippen molar-refractivity contribution in [2.75, 3.05) is 18.4 Å². The first-order valence-electron chi connectivity index (χ1n) is 7.03. The highest BCUT2D eigenvalue weighted by Gasteiger charge is 2.39. The minimum atomic E-state index is -0.342. The number of hydrogen-bond donors (Lipinski definition) is 1. The summed E-state index contributed by atoms with van der Waals surface area (Å²) in [5.41, 5.74) is 1.81. The van der Waals surface area contributed by atoms with Crippen LogP contribution in [0, 0.1) is 6.92 Å². The second-order valence-corrected chi connectivity index (χ2v) is 6.35. The molecular weight excluding hydrogens is 286 g/mol. The van der Waals surface area contributed by atoms with Crippen LogP contribution in [0.15, 0.2) is 29.3 Å². The highest BCUT2D eigenvalue weighted by atomic mass is 32.2. The van der Waals surface area contributed by atoms with Crippen LogP contribution in [0.5, 0.6) is 0 Å². The summed E-state index contributed by atoms with van der Waals surface area (Å²) in [4.78, 5) is 30.4. The molecule has 2 heterocycles. The number of rotatable bonds is 3. The van der Waals surface area contributed by atoms with Gasteiger partial charge in [0.25, 0.3) is 0 Å². The molecule has 1 N–H and O–H groups in total. The molecule has 21 heavy (non-hydrogen) atoms. The molecule has 2 aliphatic rings. The highest BCUT2D eigenvalue weighted by Crippen LogP contribution is 2.31. The molecular formula is C15H17N3O2S. The van der Waals surface area contributed by atoms with Crippen molar-refractivity contribution in [2.24, 2.45) is 4.99 Å². The summed E-state index contributed by atoms with van der Waals surface area (Å²) in [6.07, 6.45) is 1.09. The lowest BCUT2D eigenvalue weighted by atomic mass is 10.2. The Bertz CT molecular complexity index is 615. The van der Waals surface area contributed by atoms with E-state index in [1.165, 1.54) is 11.8 Å². The summed E-state index contributed by atoms with van der Waals surface area (Å²) in [7, 11) is 0. The molecule has 0 bridgehead atoms. The lowest BCUT2D eigenvalue weighted by molar-refractivity contribution is -0.128. The second kappa shape index (κ2) is 5.89. The zero-order chi connectivity index (χ0) is 14.8. The van der Waals surface area contributed by atoms with E-state index < -0.39 is 0 Å². The zero-order valence-electron chi connectivity index (χ0n) is 11.8. The SMILES string of the molecule is Cc1ccccc1NC(=O)CC1SC2=NCCCN2C1=O. The van der Waals surface area contributed by atoms with Crippen LogP contribution in [0.3, 0.4) is 0 Å². The maximum absolute atomic E-state index is 12.2. The van der Waals surface area contributed by atoms with E-state index in [9.17, 15) is 9.59 Å². The summed E-state index contributed by atoms with van der Waals surface area (Å²) in [6, 6.07) is 7.62. The summed E-state index contributed by atoms with van der Waals surface area (Å²) in [5, 5.41) is 3.31. The van der Waals surface area contributed by atoms with Gasteiger partial charge in [0.15, 0.2) is 5.17 Å². The Morgan fingerprint density at radius 2 is 2.29 bits per heavy atom. The maximum atomic E-state index is 12.2. The summed E-state index contributed by atoms with van der Waals surface area (Å²) >= 11 is 1.41. The molecule has 110 valence electrons. The second-order valence-electron chi connectivity index (χ2n) is 5.18. The molecule has 5 nitrogen and oxygen atoms in total. The van der Waals surface area contributed by atoms with Gasteiger partial charge in [0, 0.05) is 25.2 Å².